The number of aliphatic carboxylic acids is 1. The van der Waals surface area contributed by atoms with Gasteiger partial charge < -0.3 is 14.7 Å². The van der Waals surface area contributed by atoms with Crippen molar-refractivity contribution in [2.24, 2.45) is 5.92 Å². The predicted octanol–water partition coefficient (Wildman–Crippen LogP) is 5.47. The molecule has 0 spiro atoms. The molecule has 0 radical (unpaired) electrons. The van der Waals surface area contributed by atoms with E-state index in [1.54, 1.807) is 56.0 Å². The summed E-state index contributed by atoms with van der Waals surface area (Å²) in [6.45, 7) is 5.37. The molecule has 1 saturated heterocycles. The van der Waals surface area contributed by atoms with Crippen molar-refractivity contribution in [1.82, 2.24) is 4.90 Å². The highest BCUT2D eigenvalue weighted by Crippen LogP contribution is 2.47. The van der Waals surface area contributed by atoms with Crippen molar-refractivity contribution >= 4 is 44.9 Å². The van der Waals surface area contributed by atoms with Gasteiger partial charge >= 0.3 is 5.97 Å². The number of carboxylic acids is 1. The Morgan fingerprint density at radius 1 is 1.08 bits per heavy atom. The van der Waals surface area contributed by atoms with Gasteiger partial charge in [-0.1, -0.05) is 47.5 Å². The zero-order valence-corrected chi connectivity index (χ0v) is 23.3. The molecule has 2 aromatic carbocycles. The van der Waals surface area contributed by atoms with Crippen LogP contribution in [-0.4, -0.2) is 52.9 Å². The molecule has 1 amide bonds. The van der Waals surface area contributed by atoms with Gasteiger partial charge in [0.1, 0.15) is 12.2 Å². The van der Waals surface area contributed by atoms with Gasteiger partial charge in [-0.15, -0.1) is 0 Å². The Morgan fingerprint density at radius 3 is 2.35 bits per heavy atom. The highest BCUT2D eigenvalue weighted by atomic mass is 35.5. The van der Waals surface area contributed by atoms with Crippen LogP contribution in [0.5, 0.6) is 0 Å². The highest BCUT2D eigenvalue weighted by Gasteiger charge is 2.52. The third-order valence-corrected chi connectivity index (χ3v) is 10.7. The van der Waals surface area contributed by atoms with E-state index >= 15 is 0 Å². The van der Waals surface area contributed by atoms with E-state index in [2.05, 4.69) is 0 Å². The van der Waals surface area contributed by atoms with Crippen molar-refractivity contribution < 1.29 is 27.9 Å². The highest BCUT2D eigenvalue weighted by molar-refractivity contribution is 7.93. The van der Waals surface area contributed by atoms with Crippen molar-refractivity contribution in [3.8, 4) is 0 Å². The first-order valence-electron chi connectivity index (χ1n) is 12.2. The van der Waals surface area contributed by atoms with Crippen LogP contribution in [-0.2, 0) is 24.2 Å². The number of carbonyl (C=O) groups is 2. The molecule has 1 N–H and O–H groups in total. The van der Waals surface area contributed by atoms with Gasteiger partial charge in [-0.05, 0) is 74.9 Å². The van der Waals surface area contributed by atoms with Gasteiger partial charge in [0, 0.05) is 16.6 Å². The lowest BCUT2D eigenvalue weighted by Gasteiger charge is -2.45. The molecule has 1 aliphatic heterocycles. The third-order valence-electron chi connectivity index (χ3n) is 7.09. The van der Waals surface area contributed by atoms with Crippen LogP contribution in [0.4, 0.5) is 0 Å². The number of carbonyl (C=O) groups excluding carboxylic acids is 1. The first-order valence-corrected chi connectivity index (χ1v) is 14.5. The van der Waals surface area contributed by atoms with Crippen LogP contribution in [0.3, 0.4) is 0 Å². The SMILES string of the molecule is CC(C)(C)S(=O)(=O)C1CC1CCN1C(=O)[C@@H](CC(=O)O)O[C@H](c2cccc(Cl)c2)[C@H]1c1ccc(Cl)cc1. The molecule has 2 aliphatic rings. The third kappa shape index (κ3) is 5.98. The number of carboxylic acid groups (broad SMARTS) is 1. The lowest BCUT2D eigenvalue weighted by Crippen LogP contribution is -2.51. The van der Waals surface area contributed by atoms with Gasteiger partial charge in [0.2, 0.25) is 0 Å². The second-order valence-corrected chi connectivity index (χ2v) is 14.5. The Labute approximate surface area is 227 Å². The topological polar surface area (TPSA) is 101 Å². The first-order chi connectivity index (χ1) is 17.3. The molecular weight excluding hydrogens is 537 g/mol. The van der Waals surface area contributed by atoms with E-state index in [1.807, 2.05) is 18.2 Å². The zero-order valence-electron chi connectivity index (χ0n) is 20.9. The molecule has 37 heavy (non-hydrogen) atoms. The van der Waals surface area contributed by atoms with E-state index in [1.165, 1.54) is 0 Å². The molecule has 2 aromatic rings. The normalized spacial score (nSPS) is 26.2. The van der Waals surface area contributed by atoms with Gasteiger partial charge in [-0.25, -0.2) is 8.42 Å². The van der Waals surface area contributed by atoms with Gasteiger partial charge in [-0.2, -0.15) is 0 Å². The summed E-state index contributed by atoms with van der Waals surface area (Å²) in [6, 6.07) is 13.6. The van der Waals surface area contributed by atoms with Crippen LogP contribution in [0.15, 0.2) is 48.5 Å². The summed E-state index contributed by atoms with van der Waals surface area (Å²) in [5, 5.41) is 10.1. The fourth-order valence-electron chi connectivity index (χ4n) is 4.96. The summed E-state index contributed by atoms with van der Waals surface area (Å²) >= 11 is 12.4. The lowest BCUT2D eigenvalue weighted by atomic mass is 9.91. The Bertz CT molecular complexity index is 1270. The molecule has 1 heterocycles. The molecule has 1 saturated carbocycles. The summed E-state index contributed by atoms with van der Waals surface area (Å²) in [5.41, 5.74) is 1.48. The summed E-state index contributed by atoms with van der Waals surface area (Å²) in [7, 11) is -3.31. The predicted molar refractivity (Wildman–Crippen MR) is 142 cm³/mol. The average Bonchev–Trinajstić information content (AvgIpc) is 3.59. The van der Waals surface area contributed by atoms with Crippen molar-refractivity contribution in [1.29, 1.82) is 0 Å². The Hall–Kier alpha value is -2.13. The fraction of sp³-hybridized carbons (Fsp3) is 0.481. The number of rotatable bonds is 8. The van der Waals surface area contributed by atoms with Crippen molar-refractivity contribution in [3.05, 3.63) is 69.7 Å². The largest absolute Gasteiger partial charge is 0.481 e. The molecule has 2 fully saturated rings. The number of benzene rings is 2. The maximum absolute atomic E-state index is 13.6. The average molecular weight is 569 g/mol. The maximum atomic E-state index is 13.6. The molecule has 200 valence electrons. The van der Waals surface area contributed by atoms with E-state index in [0.29, 0.717) is 28.5 Å². The molecule has 2 unspecified atom stereocenters. The minimum absolute atomic E-state index is 0.0618. The van der Waals surface area contributed by atoms with Crippen LogP contribution >= 0.6 is 23.2 Å². The molecule has 5 atom stereocenters. The Balaban J connectivity index is 1.68. The summed E-state index contributed by atoms with van der Waals surface area (Å²) < 4.78 is 31.1. The molecule has 1 aliphatic carbocycles. The quantitative estimate of drug-likeness (QED) is 0.453. The van der Waals surface area contributed by atoms with Crippen molar-refractivity contribution in [3.63, 3.8) is 0 Å². The van der Waals surface area contributed by atoms with Crippen LogP contribution in [0, 0.1) is 5.92 Å². The lowest BCUT2D eigenvalue weighted by molar-refractivity contribution is -0.179. The van der Waals surface area contributed by atoms with Crippen molar-refractivity contribution in [2.45, 2.75) is 68.3 Å². The molecular formula is C27H31Cl2NO6S. The molecule has 0 bridgehead atoms. The maximum Gasteiger partial charge on any atom is 0.306 e. The minimum Gasteiger partial charge on any atom is -0.481 e. The number of halogens is 2. The van der Waals surface area contributed by atoms with Crippen molar-refractivity contribution in [2.75, 3.05) is 6.54 Å². The number of sulfone groups is 1. The van der Waals surface area contributed by atoms with E-state index < -0.39 is 56.4 Å². The number of nitrogens with zero attached hydrogens (tertiary/aromatic N) is 1. The van der Waals surface area contributed by atoms with E-state index in [0.717, 1.165) is 5.56 Å². The van der Waals surface area contributed by atoms with Crippen LogP contribution in [0.25, 0.3) is 0 Å². The summed E-state index contributed by atoms with van der Waals surface area (Å²) in [6.07, 6.45) is -1.31. The smallest absolute Gasteiger partial charge is 0.306 e. The first kappa shape index (κ1) is 27.9. The van der Waals surface area contributed by atoms with E-state index in [-0.39, 0.29) is 12.5 Å². The Kier molecular flexibility index (Phi) is 7.96. The van der Waals surface area contributed by atoms with Crippen LogP contribution in [0.2, 0.25) is 10.0 Å². The molecule has 4 rings (SSSR count). The second kappa shape index (κ2) is 10.6. The van der Waals surface area contributed by atoms with Gasteiger partial charge in [0.25, 0.3) is 5.91 Å². The fourth-order valence-corrected chi connectivity index (χ4v) is 7.34. The second-order valence-electron chi connectivity index (χ2n) is 10.7. The standard InChI is InChI=1S/C27H31Cl2NO6S/c1-27(2,3)37(34,35)22-14-17(22)11-12-30-24(16-7-9-19(28)10-8-16)25(18-5-4-6-20(29)13-18)36-21(26(30)33)15-23(31)32/h4-10,13,17,21-22,24-25H,11-12,14-15H2,1-3H3,(H,31,32)/t17?,21-,22?,24-,25-/m1/s1. The molecule has 7 nitrogen and oxygen atoms in total. The number of ether oxygens (including phenoxy) is 1. The number of hydrogen-bond acceptors (Lipinski definition) is 5. The number of amides is 1. The monoisotopic (exact) mass is 567 g/mol. The van der Waals surface area contributed by atoms with Gasteiger partial charge in [-0.3, -0.25) is 9.59 Å². The van der Waals surface area contributed by atoms with Crippen LogP contribution in [0.1, 0.15) is 63.3 Å². The molecule has 10 heteroatoms. The molecule has 0 aromatic heterocycles. The van der Waals surface area contributed by atoms with E-state index in [9.17, 15) is 23.1 Å². The zero-order chi connectivity index (χ0) is 27.1. The van der Waals surface area contributed by atoms with E-state index in [4.69, 9.17) is 27.9 Å². The summed E-state index contributed by atoms with van der Waals surface area (Å²) in [5.74, 6) is -1.64. The Morgan fingerprint density at radius 2 is 1.76 bits per heavy atom. The van der Waals surface area contributed by atoms with Gasteiger partial charge in [0.15, 0.2) is 9.84 Å². The van der Waals surface area contributed by atoms with Gasteiger partial charge in [0.05, 0.1) is 22.5 Å². The van der Waals surface area contributed by atoms with Crippen LogP contribution < -0.4 is 0 Å². The summed E-state index contributed by atoms with van der Waals surface area (Å²) in [4.78, 5) is 26.8. The number of hydrogen-bond donors (Lipinski definition) is 1. The minimum atomic E-state index is -3.31. The number of morpholine rings is 1.